The van der Waals surface area contributed by atoms with E-state index in [0.29, 0.717) is 12.1 Å². The van der Waals surface area contributed by atoms with Gasteiger partial charge in [0.2, 0.25) is 0 Å². The molecule has 0 amide bonds. The number of aromatic nitrogens is 4. The van der Waals surface area contributed by atoms with Crippen LogP contribution in [0.25, 0.3) is 0 Å². The Bertz CT molecular complexity index is 344. The second-order valence-electron chi connectivity index (χ2n) is 4.55. The summed E-state index contributed by atoms with van der Waals surface area (Å²) in [5.74, 6) is 0.992. The molecule has 2 heterocycles. The molecule has 0 bridgehead atoms. The van der Waals surface area contributed by atoms with Crippen LogP contribution in [0.2, 0.25) is 0 Å². The van der Waals surface area contributed by atoms with E-state index in [-0.39, 0.29) is 0 Å². The Morgan fingerprint density at radius 1 is 1.33 bits per heavy atom. The van der Waals surface area contributed by atoms with Crippen LogP contribution >= 0.6 is 0 Å². The maximum absolute atomic E-state index is 5.86. The zero-order valence-electron chi connectivity index (χ0n) is 8.71. The highest BCUT2D eigenvalue weighted by Gasteiger charge is 2.29. The van der Waals surface area contributed by atoms with E-state index < -0.39 is 0 Å². The fourth-order valence-corrected chi connectivity index (χ4v) is 2.13. The number of tetrazole rings is 1. The smallest absolute Gasteiger partial charge is 0.165 e. The highest BCUT2D eigenvalue weighted by atomic mass is 15.6. The summed E-state index contributed by atoms with van der Waals surface area (Å²) in [6, 6.07) is 0.890. The average Bonchev–Trinajstić information content (AvgIpc) is 2.83. The predicted octanol–water partition coefficient (Wildman–Crippen LogP) is -0.459. The summed E-state index contributed by atoms with van der Waals surface area (Å²) in [6.45, 7) is 2.88. The molecule has 15 heavy (non-hydrogen) atoms. The quantitative estimate of drug-likeness (QED) is 0.727. The molecule has 6 heteroatoms. The largest absolute Gasteiger partial charge is 0.326 e. The third-order valence-electron chi connectivity index (χ3n) is 3.13. The molecule has 0 spiro atoms. The molecule has 0 aromatic carbocycles. The van der Waals surface area contributed by atoms with Gasteiger partial charge in [-0.3, -0.25) is 4.90 Å². The molecule has 0 unspecified atom stereocenters. The minimum atomic E-state index is 0.329. The van der Waals surface area contributed by atoms with E-state index in [1.165, 1.54) is 12.8 Å². The third kappa shape index (κ3) is 1.87. The first-order valence-electron chi connectivity index (χ1n) is 5.57. The van der Waals surface area contributed by atoms with Crippen molar-refractivity contribution in [2.24, 2.45) is 5.73 Å². The van der Waals surface area contributed by atoms with Gasteiger partial charge in [-0.25, -0.2) is 4.68 Å². The SMILES string of the molecule is N[C@@H]1CCN(Cc2nnnn2C2CC2)C1. The van der Waals surface area contributed by atoms with Gasteiger partial charge in [-0.05, 0) is 29.7 Å². The average molecular weight is 208 g/mol. The second kappa shape index (κ2) is 3.53. The van der Waals surface area contributed by atoms with E-state index in [4.69, 9.17) is 5.73 Å². The summed E-state index contributed by atoms with van der Waals surface area (Å²) >= 11 is 0. The summed E-state index contributed by atoms with van der Waals surface area (Å²) in [5, 5.41) is 11.9. The van der Waals surface area contributed by atoms with Crippen LogP contribution in [0, 0.1) is 0 Å². The zero-order chi connectivity index (χ0) is 10.3. The van der Waals surface area contributed by atoms with Crippen molar-refractivity contribution in [3.63, 3.8) is 0 Å². The first-order chi connectivity index (χ1) is 7.33. The third-order valence-corrected chi connectivity index (χ3v) is 3.13. The Hall–Kier alpha value is -1.01. The molecule has 2 N–H and O–H groups in total. The van der Waals surface area contributed by atoms with Crippen LogP contribution in [0.4, 0.5) is 0 Å². The lowest BCUT2D eigenvalue weighted by atomic mass is 10.3. The molecule has 1 atom stereocenters. The molecule has 3 rings (SSSR count). The molecular formula is C9H16N6. The minimum absolute atomic E-state index is 0.329. The van der Waals surface area contributed by atoms with Crippen LogP contribution < -0.4 is 5.73 Å². The van der Waals surface area contributed by atoms with Crippen molar-refractivity contribution < 1.29 is 0 Å². The number of likely N-dealkylation sites (tertiary alicyclic amines) is 1. The first kappa shape index (κ1) is 9.23. The second-order valence-corrected chi connectivity index (χ2v) is 4.55. The van der Waals surface area contributed by atoms with Crippen molar-refractivity contribution in [3.8, 4) is 0 Å². The Labute approximate surface area is 88.4 Å². The van der Waals surface area contributed by atoms with Gasteiger partial charge in [0.05, 0.1) is 12.6 Å². The summed E-state index contributed by atoms with van der Waals surface area (Å²) in [6.07, 6.45) is 3.53. The van der Waals surface area contributed by atoms with Crippen LogP contribution in [0.3, 0.4) is 0 Å². The minimum Gasteiger partial charge on any atom is -0.326 e. The number of nitrogens with two attached hydrogens (primary N) is 1. The van der Waals surface area contributed by atoms with Gasteiger partial charge in [-0.2, -0.15) is 0 Å². The van der Waals surface area contributed by atoms with E-state index >= 15 is 0 Å². The fraction of sp³-hybridized carbons (Fsp3) is 0.889. The van der Waals surface area contributed by atoms with Gasteiger partial charge < -0.3 is 5.73 Å². The predicted molar refractivity (Wildman–Crippen MR) is 54.0 cm³/mol. The summed E-state index contributed by atoms with van der Waals surface area (Å²) in [4.78, 5) is 2.33. The molecule has 1 saturated heterocycles. The van der Waals surface area contributed by atoms with Crippen LogP contribution in [-0.2, 0) is 6.54 Å². The van der Waals surface area contributed by atoms with Crippen LogP contribution in [-0.4, -0.2) is 44.2 Å². The Morgan fingerprint density at radius 3 is 2.87 bits per heavy atom. The Balaban J connectivity index is 1.68. The van der Waals surface area contributed by atoms with Gasteiger partial charge in [0, 0.05) is 19.1 Å². The van der Waals surface area contributed by atoms with Gasteiger partial charge in [-0.1, -0.05) is 0 Å². The lowest BCUT2D eigenvalue weighted by Crippen LogP contribution is -2.27. The normalized spacial score (nSPS) is 27.4. The Kier molecular flexibility index (Phi) is 2.17. The molecule has 1 saturated carbocycles. The molecular weight excluding hydrogens is 192 g/mol. The van der Waals surface area contributed by atoms with Gasteiger partial charge in [0.25, 0.3) is 0 Å². The van der Waals surface area contributed by atoms with E-state index in [9.17, 15) is 0 Å². The molecule has 1 aromatic rings. The Morgan fingerprint density at radius 2 is 2.20 bits per heavy atom. The molecule has 1 aliphatic carbocycles. The summed E-state index contributed by atoms with van der Waals surface area (Å²) < 4.78 is 1.98. The lowest BCUT2D eigenvalue weighted by Gasteiger charge is -2.13. The fourth-order valence-electron chi connectivity index (χ4n) is 2.13. The number of nitrogens with zero attached hydrogens (tertiary/aromatic N) is 5. The number of hydrogen-bond acceptors (Lipinski definition) is 5. The van der Waals surface area contributed by atoms with E-state index in [0.717, 1.165) is 31.9 Å². The summed E-state index contributed by atoms with van der Waals surface area (Å²) in [7, 11) is 0. The van der Waals surface area contributed by atoms with Crippen LogP contribution in [0.5, 0.6) is 0 Å². The lowest BCUT2D eigenvalue weighted by molar-refractivity contribution is 0.309. The van der Waals surface area contributed by atoms with Gasteiger partial charge in [0.15, 0.2) is 5.82 Å². The van der Waals surface area contributed by atoms with Crippen molar-refractivity contribution in [1.29, 1.82) is 0 Å². The number of hydrogen-bond donors (Lipinski definition) is 1. The van der Waals surface area contributed by atoms with E-state index in [1.54, 1.807) is 0 Å². The number of rotatable bonds is 3. The summed E-state index contributed by atoms with van der Waals surface area (Å²) in [5.41, 5.74) is 5.86. The highest BCUT2D eigenvalue weighted by molar-refractivity contribution is 4.92. The van der Waals surface area contributed by atoms with E-state index in [2.05, 4.69) is 20.4 Å². The first-order valence-corrected chi connectivity index (χ1v) is 5.57. The maximum Gasteiger partial charge on any atom is 0.165 e. The molecule has 1 aromatic heterocycles. The monoisotopic (exact) mass is 208 g/mol. The van der Waals surface area contributed by atoms with Crippen molar-refractivity contribution in [3.05, 3.63) is 5.82 Å². The molecule has 1 aliphatic heterocycles. The van der Waals surface area contributed by atoms with Gasteiger partial charge in [-0.15, -0.1) is 5.10 Å². The van der Waals surface area contributed by atoms with Gasteiger partial charge >= 0.3 is 0 Å². The van der Waals surface area contributed by atoms with Crippen LogP contribution in [0.1, 0.15) is 31.1 Å². The highest BCUT2D eigenvalue weighted by Crippen LogP contribution is 2.34. The standard InChI is InChI=1S/C9H16N6/c10-7-3-4-14(5-7)6-9-11-12-13-15(9)8-1-2-8/h7-8H,1-6,10H2/t7-/m1/s1. The topological polar surface area (TPSA) is 72.9 Å². The maximum atomic E-state index is 5.86. The molecule has 0 radical (unpaired) electrons. The molecule has 2 aliphatic rings. The molecule has 6 nitrogen and oxygen atoms in total. The molecule has 2 fully saturated rings. The zero-order valence-corrected chi connectivity index (χ0v) is 8.71. The van der Waals surface area contributed by atoms with Gasteiger partial charge in [0.1, 0.15) is 0 Å². The van der Waals surface area contributed by atoms with Crippen LogP contribution in [0.15, 0.2) is 0 Å². The van der Waals surface area contributed by atoms with Crippen molar-refractivity contribution in [1.82, 2.24) is 25.1 Å². The van der Waals surface area contributed by atoms with E-state index in [1.807, 2.05) is 4.68 Å². The van der Waals surface area contributed by atoms with Crippen molar-refractivity contribution >= 4 is 0 Å². The van der Waals surface area contributed by atoms with Crippen molar-refractivity contribution in [2.45, 2.75) is 37.9 Å². The molecule has 82 valence electrons. The van der Waals surface area contributed by atoms with Crippen molar-refractivity contribution in [2.75, 3.05) is 13.1 Å².